The van der Waals surface area contributed by atoms with Crippen molar-refractivity contribution in [2.45, 2.75) is 31.9 Å². The van der Waals surface area contributed by atoms with Crippen LogP contribution in [-0.2, 0) is 4.79 Å². The normalized spacial score (nSPS) is 15.8. The van der Waals surface area contributed by atoms with Crippen LogP contribution < -0.4 is 10.6 Å². The second-order valence-corrected chi connectivity index (χ2v) is 4.07. The van der Waals surface area contributed by atoms with Gasteiger partial charge in [-0.05, 0) is 32.2 Å². The molecule has 0 aliphatic heterocycles. The Balaban J connectivity index is 2.00. The van der Waals surface area contributed by atoms with Crippen LogP contribution >= 0.6 is 0 Å². The summed E-state index contributed by atoms with van der Waals surface area (Å²) in [6.07, 6.45) is 2.10. The maximum Gasteiger partial charge on any atom is 0.405 e. The smallest absolute Gasteiger partial charge is 0.346 e. The summed E-state index contributed by atoms with van der Waals surface area (Å²) in [5.41, 5.74) is 1.37. The second kappa shape index (κ2) is 6.64. The quantitative estimate of drug-likeness (QED) is 0.557. The number of hydrogen-bond acceptors (Lipinski definition) is 2. The van der Waals surface area contributed by atoms with Crippen molar-refractivity contribution in [3.05, 3.63) is 11.6 Å². The molecule has 1 aliphatic carbocycles. The lowest BCUT2D eigenvalue weighted by Gasteiger charge is -2.09. The fraction of sp³-hybridized carbons (Fsp3) is 0.727. The van der Waals surface area contributed by atoms with Crippen molar-refractivity contribution in [1.82, 2.24) is 10.6 Å². The summed E-state index contributed by atoms with van der Waals surface area (Å²) in [5.74, 6) is -0.622. The van der Waals surface area contributed by atoms with E-state index in [1.165, 1.54) is 12.0 Å². The Morgan fingerprint density at radius 1 is 1.41 bits per heavy atom. The van der Waals surface area contributed by atoms with Crippen molar-refractivity contribution in [3.63, 3.8) is 0 Å². The standard InChI is InChI=1S/C11H17F3N2O/c12-11(13,14)8-16-10(17)7-15-6-5-9-3-1-2-4-9/h3,15H,1-2,4-8H2,(H,16,17). The van der Waals surface area contributed by atoms with Crippen LogP contribution in [0.4, 0.5) is 13.2 Å². The molecule has 0 heterocycles. The van der Waals surface area contributed by atoms with Gasteiger partial charge in [0.2, 0.25) is 5.91 Å². The largest absolute Gasteiger partial charge is 0.405 e. The number of amides is 1. The minimum atomic E-state index is -4.34. The Morgan fingerprint density at radius 3 is 2.76 bits per heavy atom. The van der Waals surface area contributed by atoms with Crippen molar-refractivity contribution in [2.24, 2.45) is 0 Å². The van der Waals surface area contributed by atoms with Crippen LogP contribution in [0.1, 0.15) is 25.7 Å². The molecule has 3 nitrogen and oxygen atoms in total. The van der Waals surface area contributed by atoms with Gasteiger partial charge in [0.05, 0.1) is 6.54 Å². The van der Waals surface area contributed by atoms with E-state index in [1.54, 1.807) is 0 Å². The number of carbonyl (C=O) groups excluding carboxylic acids is 1. The van der Waals surface area contributed by atoms with Gasteiger partial charge in [-0.25, -0.2) is 0 Å². The third-order valence-corrected chi connectivity index (χ3v) is 2.53. The third-order valence-electron chi connectivity index (χ3n) is 2.53. The minimum absolute atomic E-state index is 0.0661. The summed E-state index contributed by atoms with van der Waals surface area (Å²) in [6.45, 7) is -0.701. The van der Waals surface area contributed by atoms with E-state index in [4.69, 9.17) is 0 Å². The van der Waals surface area contributed by atoms with Crippen LogP contribution in [0.5, 0.6) is 0 Å². The number of carbonyl (C=O) groups is 1. The number of rotatable bonds is 6. The highest BCUT2D eigenvalue weighted by atomic mass is 19.4. The van der Waals surface area contributed by atoms with Gasteiger partial charge in [0.15, 0.2) is 0 Å². The first-order chi connectivity index (χ1) is 7.97. The Morgan fingerprint density at radius 2 is 2.18 bits per heavy atom. The molecule has 1 aliphatic rings. The highest BCUT2D eigenvalue weighted by molar-refractivity contribution is 5.77. The predicted octanol–water partition coefficient (Wildman–Crippen LogP) is 1.75. The summed E-state index contributed by atoms with van der Waals surface area (Å²) in [5, 5.41) is 4.64. The van der Waals surface area contributed by atoms with Gasteiger partial charge < -0.3 is 10.6 Å². The summed E-state index contributed by atoms with van der Waals surface area (Å²) >= 11 is 0. The van der Waals surface area contributed by atoms with E-state index in [-0.39, 0.29) is 6.54 Å². The van der Waals surface area contributed by atoms with Gasteiger partial charge in [0, 0.05) is 0 Å². The van der Waals surface area contributed by atoms with Crippen LogP contribution in [0.3, 0.4) is 0 Å². The van der Waals surface area contributed by atoms with E-state index in [9.17, 15) is 18.0 Å². The van der Waals surface area contributed by atoms with Gasteiger partial charge in [-0.1, -0.05) is 11.6 Å². The van der Waals surface area contributed by atoms with Crippen molar-refractivity contribution < 1.29 is 18.0 Å². The summed E-state index contributed by atoms with van der Waals surface area (Å²) in [6, 6.07) is 0. The molecule has 0 bridgehead atoms. The molecule has 0 saturated heterocycles. The second-order valence-electron chi connectivity index (χ2n) is 4.07. The van der Waals surface area contributed by atoms with Gasteiger partial charge in [-0.3, -0.25) is 4.79 Å². The average Bonchev–Trinajstić information content (AvgIpc) is 2.73. The number of allylic oxidation sites excluding steroid dienone is 1. The fourth-order valence-electron chi connectivity index (χ4n) is 1.68. The highest BCUT2D eigenvalue weighted by Crippen LogP contribution is 2.19. The lowest BCUT2D eigenvalue weighted by molar-refractivity contribution is -0.137. The first kappa shape index (κ1) is 14.0. The molecule has 0 aromatic carbocycles. The van der Waals surface area contributed by atoms with Crippen LogP contribution in [0.15, 0.2) is 11.6 Å². The molecule has 1 amide bonds. The molecule has 0 spiro atoms. The van der Waals surface area contributed by atoms with E-state index >= 15 is 0 Å². The molecule has 0 saturated carbocycles. The molecular weight excluding hydrogens is 233 g/mol. The van der Waals surface area contributed by atoms with Gasteiger partial charge >= 0.3 is 6.18 Å². The van der Waals surface area contributed by atoms with E-state index < -0.39 is 18.6 Å². The molecule has 0 aromatic heterocycles. The van der Waals surface area contributed by atoms with Crippen LogP contribution in [0, 0.1) is 0 Å². The third kappa shape index (κ3) is 6.99. The Labute approximate surface area is 98.5 Å². The molecule has 0 radical (unpaired) electrons. The lowest BCUT2D eigenvalue weighted by Crippen LogP contribution is -2.39. The van der Waals surface area contributed by atoms with E-state index in [1.807, 2.05) is 5.32 Å². The number of alkyl halides is 3. The van der Waals surface area contributed by atoms with Crippen molar-refractivity contribution in [1.29, 1.82) is 0 Å². The van der Waals surface area contributed by atoms with Gasteiger partial charge in [-0.2, -0.15) is 13.2 Å². The Bertz CT molecular complexity index is 287. The molecule has 0 unspecified atom stereocenters. The molecular formula is C11H17F3N2O. The first-order valence-electron chi connectivity index (χ1n) is 5.69. The van der Waals surface area contributed by atoms with Crippen molar-refractivity contribution in [2.75, 3.05) is 19.6 Å². The minimum Gasteiger partial charge on any atom is -0.346 e. The van der Waals surface area contributed by atoms with Crippen LogP contribution in [-0.4, -0.2) is 31.7 Å². The lowest BCUT2D eigenvalue weighted by atomic mass is 10.2. The van der Waals surface area contributed by atoms with Crippen LogP contribution in [0.25, 0.3) is 0 Å². The Hall–Kier alpha value is -1.04. The van der Waals surface area contributed by atoms with Crippen molar-refractivity contribution >= 4 is 5.91 Å². The molecule has 0 fully saturated rings. The van der Waals surface area contributed by atoms with Gasteiger partial charge in [-0.15, -0.1) is 0 Å². The fourth-order valence-corrected chi connectivity index (χ4v) is 1.68. The molecule has 0 atom stereocenters. The van der Waals surface area contributed by atoms with Gasteiger partial charge in [0.25, 0.3) is 0 Å². The molecule has 1 rings (SSSR count). The predicted molar refractivity (Wildman–Crippen MR) is 58.5 cm³/mol. The van der Waals surface area contributed by atoms with Gasteiger partial charge in [0.1, 0.15) is 6.54 Å². The maximum atomic E-state index is 11.8. The monoisotopic (exact) mass is 250 g/mol. The molecule has 2 N–H and O–H groups in total. The van der Waals surface area contributed by atoms with Crippen molar-refractivity contribution in [3.8, 4) is 0 Å². The van der Waals surface area contributed by atoms with E-state index in [2.05, 4.69) is 11.4 Å². The SMILES string of the molecule is O=C(CNCCC1=CCCC1)NCC(F)(F)F. The van der Waals surface area contributed by atoms with E-state index in [0.29, 0.717) is 6.54 Å². The maximum absolute atomic E-state index is 11.8. The zero-order chi connectivity index (χ0) is 12.7. The summed E-state index contributed by atoms with van der Waals surface area (Å²) < 4.78 is 35.3. The summed E-state index contributed by atoms with van der Waals surface area (Å²) in [4.78, 5) is 11.0. The molecule has 6 heteroatoms. The number of nitrogens with one attached hydrogen (secondary N) is 2. The zero-order valence-corrected chi connectivity index (χ0v) is 9.57. The Kier molecular flexibility index (Phi) is 5.47. The first-order valence-corrected chi connectivity index (χ1v) is 5.69. The highest BCUT2D eigenvalue weighted by Gasteiger charge is 2.27. The summed E-state index contributed by atoms with van der Waals surface area (Å²) in [7, 11) is 0. The molecule has 98 valence electrons. The average molecular weight is 250 g/mol. The number of halogens is 3. The molecule has 17 heavy (non-hydrogen) atoms. The topological polar surface area (TPSA) is 41.1 Å². The van der Waals surface area contributed by atoms with Crippen LogP contribution in [0.2, 0.25) is 0 Å². The molecule has 0 aromatic rings. The van der Waals surface area contributed by atoms with E-state index in [0.717, 1.165) is 19.3 Å². The zero-order valence-electron chi connectivity index (χ0n) is 9.57. The number of hydrogen-bond donors (Lipinski definition) is 2.